The minimum Gasteiger partial charge on any atom is -0.497 e. The quantitative estimate of drug-likeness (QED) is 0.525. The van der Waals surface area contributed by atoms with E-state index in [1.54, 1.807) is 7.11 Å². The van der Waals surface area contributed by atoms with E-state index in [1.807, 2.05) is 31.2 Å². The second kappa shape index (κ2) is 9.23. The predicted molar refractivity (Wildman–Crippen MR) is 124 cm³/mol. The molecule has 158 valence electrons. The molecular weight excluding hydrogens is 442 g/mol. The lowest BCUT2D eigenvalue weighted by molar-refractivity contribution is -0.120. The van der Waals surface area contributed by atoms with E-state index in [0.717, 1.165) is 45.5 Å². The average molecular weight is 470 g/mol. The third-order valence-electron chi connectivity index (χ3n) is 5.97. The fourth-order valence-corrected chi connectivity index (χ4v) is 4.74. The molecule has 1 fully saturated rings. The smallest absolute Gasteiger partial charge is 0.224 e. The summed E-state index contributed by atoms with van der Waals surface area (Å²) in [6, 6.07) is 14.5. The van der Waals surface area contributed by atoms with Crippen molar-refractivity contribution < 1.29 is 9.53 Å². The van der Waals surface area contributed by atoms with Crippen molar-refractivity contribution in [3.63, 3.8) is 0 Å². The Balaban J connectivity index is 1.49. The van der Waals surface area contributed by atoms with Gasteiger partial charge < -0.3 is 15.0 Å². The molecular formula is C24H28BrN3O2. The van der Waals surface area contributed by atoms with Gasteiger partial charge in [0.15, 0.2) is 0 Å². The van der Waals surface area contributed by atoms with E-state index in [4.69, 9.17) is 4.74 Å². The summed E-state index contributed by atoms with van der Waals surface area (Å²) in [7, 11) is 1.69. The summed E-state index contributed by atoms with van der Waals surface area (Å²) in [4.78, 5) is 18.7. The predicted octanol–water partition coefficient (Wildman–Crippen LogP) is 4.74. The number of methoxy groups -OCH3 is 1. The Kier molecular flexibility index (Phi) is 6.44. The van der Waals surface area contributed by atoms with Gasteiger partial charge in [-0.15, -0.1) is 0 Å². The van der Waals surface area contributed by atoms with Crippen molar-refractivity contribution in [2.45, 2.75) is 32.2 Å². The first kappa shape index (κ1) is 20.9. The maximum atomic E-state index is 12.9. The highest BCUT2D eigenvalue weighted by atomic mass is 79.9. The number of benzene rings is 2. The van der Waals surface area contributed by atoms with Crippen LogP contribution in [-0.4, -0.2) is 42.5 Å². The van der Waals surface area contributed by atoms with E-state index in [2.05, 4.69) is 49.3 Å². The Morgan fingerprint density at radius 3 is 2.80 bits per heavy atom. The number of carbonyl (C=O) groups excluding carboxylic acids is 1. The van der Waals surface area contributed by atoms with Gasteiger partial charge in [0, 0.05) is 27.6 Å². The number of hydrogen-bond acceptors (Lipinski definition) is 3. The maximum Gasteiger partial charge on any atom is 0.224 e. The van der Waals surface area contributed by atoms with Crippen molar-refractivity contribution in [2.75, 3.05) is 26.7 Å². The molecule has 1 saturated heterocycles. The second-order valence-electron chi connectivity index (χ2n) is 7.93. The van der Waals surface area contributed by atoms with Crippen LogP contribution in [-0.2, 0) is 11.2 Å². The number of carbonyl (C=O) groups is 1. The Labute approximate surface area is 185 Å². The van der Waals surface area contributed by atoms with Gasteiger partial charge in [-0.2, -0.15) is 0 Å². The second-order valence-corrected chi connectivity index (χ2v) is 8.85. The summed E-state index contributed by atoms with van der Waals surface area (Å²) < 4.78 is 6.43. The Hall–Kier alpha value is -2.31. The number of nitrogens with zero attached hydrogens (tertiary/aromatic N) is 1. The number of hydrogen-bond donors (Lipinski definition) is 2. The van der Waals surface area contributed by atoms with Crippen LogP contribution in [0.1, 0.15) is 35.7 Å². The zero-order chi connectivity index (χ0) is 21.1. The number of ether oxygens (including phenoxy) is 1. The normalized spacial score (nSPS) is 15.4. The molecule has 1 amide bonds. The highest BCUT2D eigenvalue weighted by Crippen LogP contribution is 2.28. The number of halogens is 1. The first-order chi connectivity index (χ1) is 14.5. The lowest BCUT2D eigenvalue weighted by Gasteiger charge is -2.28. The van der Waals surface area contributed by atoms with Crippen LogP contribution in [0.4, 0.5) is 0 Å². The monoisotopic (exact) mass is 469 g/mol. The van der Waals surface area contributed by atoms with Crippen LogP contribution in [0.15, 0.2) is 46.9 Å². The number of rotatable bonds is 7. The van der Waals surface area contributed by atoms with Crippen molar-refractivity contribution in [1.82, 2.24) is 15.2 Å². The molecule has 3 aromatic rings. The maximum absolute atomic E-state index is 12.9. The molecule has 1 unspecified atom stereocenters. The Morgan fingerprint density at radius 1 is 1.23 bits per heavy atom. The van der Waals surface area contributed by atoms with Crippen molar-refractivity contribution in [2.24, 2.45) is 0 Å². The van der Waals surface area contributed by atoms with E-state index in [0.29, 0.717) is 13.0 Å². The largest absolute Gasteiger partial charge is 0.497 e. The summed E-state index contributed by atoms with van der Waals surface area (Å²) in [5.41, 5.74) is 4.35. The van der Waals surface area contributed by atoms with E-state index in [1.165, 1.54) is 18.4 Å². The lowest BCUT2D eigenvalue weighted by Crippen LogP contribution is -2.37. The van der Waals surface area contributed by atoms with Crippen molar-refractivity contribution >= 4 is 32.7 Å². The molecule has 2 N–H and O–H groups in total. The lowest BCUT2D eigenvalue weighted by atomic mass is 10.0. The third kappa shape index (κ3) is 4.55. The number of likely N-dealkylation sites (tertiary alicyclic amines) is 1. The van der Waals surface area contributed by atoms with Gasteiger partial charge in [-0.3, -0.25) is 9.69 Å². The summed E-state index contributed by atoms with van der Waals surface area (Å²) >= 11 is 3.54. The zero-order valence-electron chi connectivity index (χ0n) is 17.5. The minimum atomic E-state index is 0.0473. The summed E-state index contributed by atoms with van der Waals surface area (Å²) in [6.07, 6.45) is 2.78. The molecule has 2 aromatic carbocycles. The van der Waals surface area contributed by atoms with Crippen LogP contribution in [0.2, 0.25) is 0 Å². The molecule has 30 heavy (non-hydrogen) atoms. The van der Waals surface area contributed by atoms with Gasteiger partial charge in [-0.1, -0.05) is 28.1 Å². The number of amides is 1. The topological polar surface area (TPSA) is 57.4 Å². The number of fused-ring (bicyclic) bond motifs is 1. The number of H-pyrrole nitrogens is 1. The van der Waals surface area contributed by atoms with Gasteiger partial charge in [-0.25, -0.2) is 0 Å². The number of aromatic amines is 1. The van der Waals surface area contributed by atoms with Gasteiger partial charge >= 0.3 is 0 Å². The van der Waals surface area contributed by atoms with E-state index < -0.39 is 0 Å². The highest BCUT2D eigenvalue weighted by Gasteiger charge is 2.24. The van der Waals surface area contributed by atoms with Gasteiger partial charge in [0.05, 0.1) is 19.6 Å². The van der Waals surface area contributed by atoms with E-state index in [-0.39, 0.29) is 11.9 Å². The summed E-state index contributed by atoms with van der Waals surface area (Å²) in [5, 5.41) is 4.29. The molecule has 1 aromatic heterocycles. The molecule has 2 heterocycles. The average Bonchev–Trinajstić information content (AvgIpc) is 3.37. The van der Waals surface area contributed by atoms with E-state index in [9.17, 15) is 4.79 Å². The van der Waals surface area contributed by atoms with Crippen LogP contribution < -0.4 is 10.1 Å². The van der Waals surface area contributed by atoms with Gasteiger partial charge in [-0.05, 0) is 74.3 Å². The minimum absolute atomic E-state index is 0.0473. The summed E-state index contributed by atoms with van der Waals surface area (Å²) in [5.74, 6) is 0.897. The van der Waals surface area contributed by atoms with Crippen LogP contribution >= 0.6 is 15.9 Å². The number of aromatic nitrogens is 1. The molecule has 0 bridgehead atoms. The first-order valence-corrected chi connectivity index (χ1v) is 11.3. The summed E-state index contributed by atoms with van der Waals surface area (Å²) in [6.45, 7) is 4.75. The van der Waals surface area contributed by atoms with Crippen molar-refractivity contribution in [1.29, 1.82) is 0 Å². The molecule has 6 heteroatoms. The molecule has 1 atom stereocenters. The van der Waals surface area contributed by atoms with Gasteiger partial charge in [0.1, 0.15) is 5.75 Å². The van der Waals surface area contributed by atoms with Crippen molar-refractivity contribution in [3.8, 4) is 5.75 Å². The Bertz CT molecular complexity index is 1040. The standard InChI is InChI=1S/C24H28BrN3O2/c1-16-20(21-13-18(25)8-9-22(21)27-16)14-24(29)26-15-23(28-10-3-4-11-28)17-6-5-7-19(12-17)30-2/h5-9,12-13,23,27H,3-4,10-11,14-15H2,1-2H3,(H,26,29). The van der Waals surface area contributed by atoms with Gasteiger partial charge in [0.25, 0.3) is 0 Å². The Morgan fingerprint density at radius 2 is 2.03 bits per heavy atom. The molecule has 1 aliphatic rings. The molecule has 5 nitrogen and oxygen atoms in total. The molecule has 4 rings (SSSR count). The number of aryl methyl sites for hydroxylation is 1. The molecule has 0 aliphatic carbocycles. The molecule has 0 radical (unpaired) electrons. The van der Waals surface area contributed by atoms with Crippen LogP contribution in [0, 0.1) is 6.92 Å². The number of nitrogens with one attached hydrogen (secondary N) is 2. The van der Waals surface area contributed by atoms with Crippen LogP contribution in [0.3, 0.4) is 0 Å². The van der Waals surface area contributed by atoms with Crippen molar-refractivity contribution in [3.05, 3.63) is 63.8 Å². The molecule has 0 saturated carbocycles. The molecule has 0 spiro atoms. The van der Waals surface area contributed by atoms with Crippen LogP contribution in [0.25, 0.3) is 10.9 Å². The first-order valence-electron chi connectivity index (χ1n) is 10.5. The third-order valence-corrected chi connectivity index (χ3v) is 6.46. The zero-order valence-corrected chi connectivity index (χ0v) is 19.1. The van der Waals surface area contributed by atoms with Gasteiger partial charge in [0.2, 0.25) is 5.91 Å². The SMILES string of the molecule is COc1cccc(C(CNC(=O)Cc2c(C)[nH]c3ccc(Br)cc23)N2CCCC2)c1. The van der Waals surface area contributed by atoms with E-state index >= 15 is 0 Å². The van der Waals surface area contributed by atoms with Crippen LogP contribution in [0.5, 0.6) is 5.75 Å². The fourth-order valence-electron chi connectivity index (χ4n) is 4.38. The highest BCUT2D eigenvalue weighted by molar-refractivity contribution is 9.10. The fraction of sp³-hybridized carbons (Fsp3) is 0.375. The molecule has 1 aliphatic heterocycles.